The Labute approximate surface area is 115 Å². The molecule has 0 fully saturated rings. The van der Waals surface area contributed by atoms with E-state index in [9.17, 15) is 4.79 Å². The average molecular weight is 258 g/mol. The lowest BCUT2D eigenvalue weighted by molar-refractivity contribution is -0.132. The number of carbonyl (C=O) groups is 1. The van der Waals surface area contributed by atoms with Crippen LogP contribution in [0.2, 0.25) is 0 Å². The minimum absolute atomic E-state index is 0.0800. The number of nitrogens with one attached hydrogen (secondary N) is 1. The number of nitrogens with zero attached hydrogens (tertiary/aromatic N) is 1. The minimum atomic E-state index is -0.0800. The second-order valence-corrected chi connectivity index (χ2v) is 5.10. The molecule has 0 saturated heterocycles. The van der Waals surface area contributed by atoms with Gasteiger partial charge >= 0.3 is 0 Å². The summed E-state index contributed by atoms with van der Waals surface area (Å²) in [6, 6.07) is 8.25. The first-order chi connectivity index (χ1) is 9.22. The lowest BCUT2D eigenvalue weighted by atomic mass is 9.95. The summed E-state index contributed by atoms with van der Waals surface area (Å²) in [4.78, 5) is 14.2. The van der Waals surface area contributed by atoms with Crippen LogP contribution in [0.1, 0.15) is 24.0 Å². The quantitative estimate of drug-likeness (QED) is 0.648. The number of rotatable bonds is 5. The third-order valence-electron chi connectivity index (χ3n) is 3.66. The van der Waals surface area contributed by atoms with Crippen LogP contribution in [0, 0.1) is 0 Å². The van der Waals surface area contributed by atoms with Crippen molar-refractivity contribution in [2.24, 2.45) is 0 Å². The molecule has 0 spiro atoms. The molecule has 1 amide bonds. The summed E-state index contributed by atoms with van der Waals surface area (Å²) in [5.41, 5.74) is 2.60. The van der Waals surface area contributed by atoms with Gasteiger partial charge in [0.1, 0.15) is 0 Å². The smallest absolute Gasteiger partial charge is 0.239 e. The molecule has 1 aromatic rings. The standard InChI is InChI=1S/C16H22N2O/c1-3-4-7-10-18(2)16(19)15-11-13-8-5-6-9-14(13)12-17-15/h3,5-6,8-9,15,17H,1,4,7,10-12H2,2H3. The highest BCUT2D eigenvalue weighted by molar-refractivity contribution is 5.82. The molecule has 0 aromatic heterocycles. The first-order valence-corrected chi connectivity index (χ1v) is 6.88. The third-order valence-corrected chi connectivity index (χ3v) is 3.66. The topological polar surface area (TPSA) is 32.3 Å². The Morgan fingerprint density at radius 2 is 2.21 bits per heavy atom. The van der Waals surface area contributed by atoms with Crippen molar-refractivity contribution in [2.45, 2.75) is 31.8 Å². The highest BCUT2D eigenvalue weighted by atomic mass is 16.2. The maximum atomic E-state index is 12.3. The van der Waals surface area contributed by atoms with Crippen LogP contribution >= 0.6 is 0 Å². The normalized spacial score (nSPS) is 17.6. The predicted molar refractivity (Wildman–Crippen MR) is 77.8 cm³/mol. The summed E-state index contributed by atoms with van der Waals surface area (Å²) >= 11 is 0. The first-order valence-electron chi connectivity index (χ1n) is 6.88. The summed E-state index contributed by atoms with van der Waals surface area (Å²) in [6.45, 7) is 5.28. The molecule has 1 aliphatic rings. The zero-order valence-corrected chi connectivity index (χ0v) is 11.6. The lowest BCUT2D eigenvalue weighted by Crippen LogP contribution is -2.48. The summed E-state index contributed by atoms with van der Waals surface area (Å²) in [7, 11) is 1.88. The molecular formula is C16H22N2O. The Bertz CT molecular complexity index is 456. The van der Waals surface area contributed by atoms with E-state index >= 15 is 0 Å². The maximum Gasteiger partial charge on any atom is 0.239 e. The van der Waals surface area contributed by atoms with E-state index < -0.39 is 0 Å². The fourth-order valence-corrected chi connectivity index (χ4v) is 2.48. The first kappa shape index (κ1) is 13.8. The predicted octanol–water partition coefficient (Wildman–Crippen LogP) is 2.13. The summed E-state index contributed by atoms with van der Waals surface area (Å²) < 4.78 is 0. The zero-order chi connectivity index (χ0) is 13.7. The molecule has 0 radical (unpaired) electrons. The van der Waals surface area contributed by atoms with Gasteiger partial charge in [0.2, 0.25) is 5.91 Å². The SMILES string of the molecule is C=CCCCN(C)C(=O)C1Cc2ccccc2CN1. The van der Waals surface area contributed by atoms with E-state index in [1.165, 1.54) is 11.1 Å². The average Bonchev–Trinajstić information content (AvgIpc) is 2.46. The molecular weight excluding hydrogens is 236 g/mol. The van der Waals surface area contributed by atoms with E-state index in [2.05, 4.69) is 24.0 Å². The van der Waals surface area contributed by atoms with Gasteiger partial charge in [-0.2, -0.15) is 0 Å². The fraction of sp³-hybridized carbons (Fsp3) is 0.438. The van der Waals surface area contributed by atoms with Gasteiger partial charge in [-0.25, -0.2) is 0 Å². The van der Waals surface area contributed by atoms with Crippen LogP contribution in [-0.2, 0) is 17.8 Å². The van der Waals surface area contributed by atoms with Crippen LogP contribution in [0.4, 0.5) is 0 Å². The van der Waals surface area contributed by atoms with Crippen molar-refractivity contribution < 1.29 is 4.79 Å². The Morgan fingerprint density at radius 1 is 1.47 bits per heavy atom. The molecule has 1 N–H and O–H groups in total. The molecule has 0 saturated carbocycles. The molecule has 3 nitrogen and oxygen atoms in total. The zero-order valence-electron chi connectivity index (χ0n) is 11.6. The van der Waals surface area contributed by atoms with Gasteiger partial charge in [0.15, 0.2) is 0 Å². The van der Waals surface area contributed by atoms with Crippen molar-refractivity contribution in [2.75, 3.05) is 13.6 Å². The van der Waals surface area contributed by atoms with Gasteiger partial charge in [0.25, 0.3) is 0 Å². The Kier molecular flexibility index (Phi) is 4.74. The van der Waals surface area contributed by atoms with E-state index in [1.807, 2.05) is 30.2 Å². The van der Waals surface area contributed by atoms with E-state index in [0.29, 0.717) is 0 Å². The Balaban J connectivity index is 1.93. The molecule has 1 aliphatic heterocycles. The van der Waals surface area contributed by atoms with Crippen LogP contribution in [0.5, 0.6) is 0 Å². The number of carbonyl (C=O) groups excluding carboxylic acids is 1. The van der Waals surface area contributed by atoms with E-state index in [1.54, 1.807) is 0 Å². The molecule has 1 unspecified atom stereocenters. The third kappa shape index (κ3) is 3.44. The highest BCUT2D eigenvalue weighted by Crippen LogP contribution is 2.17. The molecule has 0 aliphatic carbocycles. The van der Waals surface area contributed by atoms with Crippen LogP contribution < -0.4 is 5.32 Å². The van der Waals surface area contributed by atoms with Gasteiger partial charge in [0, 0.05) is 20.1 Å². The second kappa shape index (κ2) is 6.53. The molecule has 102 valence electrons. The maximum absolute atomic E-state index is 12.3. The van der Waals surface area contributed by atoms with Crippen molar-refractivity contribution >= 4 is 5.91 Å². The summed E-state index contributed by atoms with van der Waals surface area (Å²) in [5, 5.41) is 3.34. The van der Waals surface area contributed by atoms with Crippen molar-refractivity contribution in [1.82, 2.24) is 10.2 Å². The number of hydrogen-bond donors (Lipinski definition) is 1. The van der Waals surface area contributed by atoms with Gasteiger partial charge in [-0.15, -0.1) is 6.58 Å². The summed E-state index contributed by atoms with van der Waals surface area (Å²) in [6.07, 6.45) is 4.63. The monoisotopic (exact) mass is 258 g/mol. The van der Waals surface area contributed by atoms with E-state index in [0.717, 1.165) is 32.4 Å². The van der Waals surface area contributed by atoms with Crippen molar-refractivity contribution in [3.8, 4) is 0 Å². The molecule has 1 atom stereocenters. The molecule has 1 heterocycles. The van der Waals surface area contributed by atoms with Gasteiger partial charge in [-0.3, -0.25) is 4.79 Å². The second-order valence-electron chi connectivity index (χ2n) is 5.10. The molecule has 2 rings (SSSR count). The lowest BCUT2D eigenvalue weighted by Gasteiger charge is -2.29. The Hall–Kier alpha value is -1.61. The van der Waals surface area contributed by atoms with Gasteiger partial charge < -0.3 is 10.2 Å². The highest BCUT2D eigenvalue weighted by Gasteiger charge is 2.25. The minimum Gasteiger partial charge on any atom is -0.344 e. The Morgan fingerprint density at radius 3 is 2.95 bits per heavy atom. The van der Waals surface area contributed by atoms with Gasteiger partial charge in [-0.05, 0) is 30.4 Å². The number of benzene rings is 1. The number of hydrogen-bond acceptors (Lipinski definition) is 2. The van der Waals surface area contributed by atoms with Crippen LogP contribution in [-0.4, -0.2) is 30.4 Å². The number of unbranched alkanes of at least 4 members (excludes halogenated alkanes) is 1. The van der Waals surface area contributed by atoms with E-state index in [-0.39, 0.29) is 11.9 Å². The number of allylic oxidation sites excluding steroid dienone is 1. The van der Waals surface area contributed by atoms with Gasteiger partial charge in [0.05, 0.1) is 6.04 Å². The van der Waals surface area contributed by atoms with Crippen LogP contribution in [0.25, 0.3) is 0 Å². The van der Waals surface area contributed by atoms with Crippen LogP contribution in [0.3, 0.4) is 0 Å². The number of fused-ring (bicyclic) bond motifs is 1. The van der Waals surface area contributed by atoms with E-state index in [4.69, 9.17) is 0 Å². The van der Waals surface area contributed by atoms with Crippen LogP contribution in [0.15, 0.2) is 36.9 Å². The fourth-order valence-electron chi connectivity index (χ4n) is 2.48. The molecule has 1 aromatic carbocycles. The largest absolute Gasteiger partial charge is 0.344 e. The van der Waals surface area contributed by atoms with Crippen molar-refractivity contribution in [3.63, 3.8) is 0 Å². The molecule has 19 heavy (non-hydrogen) atoms. The molecule has 0 bridgehead atoms. The molecule has 3 heteroatoms. The van der Waals surface area contributed by atoms with Crippen molar-refractivity contribution in [1.29, 1.82) is 0 Å². The van der Waals surface area contributed by atoms with Crippen molar-refractivity contribution in [3.05, 3.63) is 48.0 Å². The number of amides is 1. The van der Waals surface area contributed by atoms with Gasteiger partial charge in [-0.1, -0.05) is 30.3 Å². The summed E-state index contributed by atoms with van der Waals surface area (Å²) in [5.74, 6) is 0.193. The number of likely N-dealkylation sites (N-methyl/N-ethyl adjacent to an activating group) is 1.